The third-order valence-electron chi connectivity index (χ3n) is 9.88. The number of nitrogens with zero attached hydrogens (tertiary/aromatic N) is 4. The van der Waals surface area contributed by atoms with Gasteiger partial charge in [-0.25, -0.2) is 4.98 Å². The van der Waals surface area contributed by atoms with Crippen LogP contribution in [0.2, 0.25) is 0 Å². The number of fused-ring (bicyclic) bond motifs is 10. The Morgan fingerprint density at radius 1 is 0.532 bits per heavy atom. The highest BCUT2D eigenvalue weighted by atomic mass is 16.3. The Kier molecular flexibility index (Phi) is 5.28. The fourth-order valence-corrected chi connectivity index (χ4v) is 7.72. The minimum atomic E-state index is -0.138. The van der Waals surface area contributed by atoms with Crippen molar-refractivity contribution in [3.05, 3.63) is 145 Å². The van der Waals surface area contributed by atoms with Gasteiger partial charge in [0.15, 0.2) is 11.6 Å². The normalized spacial score (nSPS) is 13.5. The van der Waals surface area contributed by atoms with E-state index in [1.54, 1.807) is 0 Å². The van der Waals surface area contributed by atoms with Crippen LogP contribution in [-0.4, -0.2) is 19.5 Å². The third-order valence-corrected chi connectivity index (χ3v) is 9.88. The predicted molar refractivity (Wildman–Crippen MR) is 190 cm³/mol. The van der Waals surface area contributed by atoms with E-state index in [4.69, 9.17) is 19.4 Å². The van der Waals surface area contributed by atoms with Crippen LogP contribution >= 0.6 is 0 Å². The summed E-state index contributed by atoms with van der Waals surface area (Å²) in [4.78, 5) is 15.8. The van der Waals surface area contributed by atoms with Crippen LogP contribution in [0.4, 0.5) is 0 Å². The molecule has 5 nitrogen and oxygen atoms in total. The zero-order valence-electron chi connectivity index (χ0n) is 25.9. The van der Waals surface area contributed by atoms with Crippen molar-refractivity contribution in [3.8, 4) is 39.9 Å². The van der Waals surface area contributed by atoms with Gasteiger partial charge in [-0.2, -0.15) is 9.97 Å². The second kappa shape index (κ2) is 9.47. The number of hydrogen-bond acceptors (Lipinski definition) is 4. The van der Waals surface area contributed by atoms with E-state index in [2.05, 4.69) is 122 Å². The van der Waals surface area contributed by atoms with Gasteiger partial charge in [0.25, 0.3) is 0 Å². The average molecular weight is 605 g/mol. The average Bonchev–Trinajstić information content (AvgIpc) is 3.74. The molecule has 47 heavy (non-hydrogen) atoms. The van der Waals surface area contributed by atoms with Crippen molar-refractivity contribution in [2.24, 2.45) is 0 Å². The van der Waals surface area contributed by atoms with E-state index < -0.39 is 0 Å². The third kappa shape index (κ3) is 3.62. The van der Waals surface area contributed by atoms with Gasteiger partial charge < -0.3 is 4.42 Å². The monoisotopic (exact) mass is 604 g/mol. The molecule has 0 fully saturated rings. The van der Waals surface area contributed by atoms with Crippen LogP contribution in [0.1, 0.15) is 25.0 Å². The molecule has 10 rings (SSSR count). The molecule has 0 spiro atoms. The van der Waals surface area contributed by atoms with E-state index in [-0.39, 0.29) is 5.41 Å². The summed E-state index contributed by atoms with van der Waals surface area (Å²) in [7, 11) is 0. The predicted octanol–water partition coefficient (Wildman–Crippen LogP) is 10.5. The van der Waals surface area contributed by atoms with Crippen LogP contribution in [-0.2, 0) is 5.41 Å². The molecule has 0 N–H and O–H groups in total. The van der Waals surface area contributed by atoms with Gasteiger partial charge in [-0.1, -0.05) is 123 Å². The molecule has 1 aliphatic carbocycles. The van der Waals surface area contributed by atoms with Gasteiger partial charge in [-0.15, -0.1) is 0 Å². The standard InChI is InChI=1S/C42H28N4O/c1-42(2)31-19-9-6-16-28(31)36-30(18-12-20-32(36)42)40-43-39(25-13-4-3-5-14-25)44-41(45-40)46-33-21-10-7-15-26(33)27-23-24-35-37(38(27)46)29-17-8-11-22-34(29)47-35/h3-24H,1-2H3. The summed E-state index contributed by atoms with van der Waals surface area (Å²) in [6.07, 6.45) is 0. The summed E-state index contributed by atoms with van der Waals surface area (Å²) < 4.78 is 8.57. The molecule has 9 aromatic rings. The van der Waals surface area contributed by atoms with E-state index in [9.17, 15) is 0 Å². The lowest BCUT2D eigenvalue weighted by molar-refractivity contribution is 0.660. The van der Waals surface area contributed by atoms with Crippen molar-refractivity contribution < 1.29 is 4.42 Å². The molecule has 222 valence electrons. The largest absolute Gasteiger partial charge is 0.456 e. The van der Waals surface area contributed by atoms with E-state index in [0.29, 0.717) is 17.6 Å². The summed E-state index contributed by atoms with van der Waals surface area (Å²) in [5, 5.41) is 4.37. The van der Waals surface area contributed by atoms with Gasteiger partial charge in [0.05, 0.1) is 16.4 Å². The number of para-hydroxylation sites is 2. The lowest BCUT2D eigenvalue weighted by atomic mass is 9.82. The molecule has 3 aromatic heterocycles. The van der Waals surface area contributed by atoms with Crippen molar-refractivity contribution in [3.63, 3.8) is 0 Å². The quantitative estimate of drug-likeness (QED) is 0.201. The Morgan fingerprint density at radius 2 is 1.23 bits per heavy atom. The second-order valence-corrected chi connectivity index (χ2v) is 12.8. The molecule has 0 saturated carbocycles. The molecule has 0 saturated heterocycles. The van der Waals surface area contributed by atoms with Crippen LogP contribution < -0.4 is 0 Å². The first kappa shape index (κ1) is 26.2. The molecule has 0 radical (unpaired) electrons. The fourth-order valence-electron chi connectivity index (χ4n) is 7.72. The molecule has 5 heteroatoms. The Labute approximate surface area is 270 Å². The molecule has 0 aliphatic heterocycles. The first-order valence-electron chi connectivity index (χ1n) is 16.0. The highest BCUT2D eigenvalue weighted by Gasteiger charge is 2.37. The van der Waals surface area contributed by atoms with Gasteiger partial charge in [0.2, 0.25) is 5.95 Å². The number of hydrogen-bond donors (Lipinski definition) is 0. The Bertz CT molecular complexity index is 2720. The lowest BCUT2D eigenvalue weighted by Crippen LogP contribution is -2.14. The van der Waals surface area contributed by atoms with E-state index in [1.807, 2.05) is 30.3 Å². The Morgan fingerprint density at radius 3 is 2.13 bits per heavy atom. The first-order chi connectivity index (χ1) is 23.1. The maximum atomic E-state index is 6.37. The summed E-state index contributed by atoms with van der Waals surface area (Å²) in [5.74, 6) is 1.85. The van der Waals surface area contributed by atoms with Crippen LogP contribution in [0.15, 0.2) is 138 Å². The smallest absolute Gasteiger partial charge is 0.238 e. The molecule has 6 aromatic carbocycles. The zero-order valence-corrected chi connectivity index (χ0v) is 25.9. The van der Waals surface area contributed by atoms with Crippen molar-refractivity contribution >= 4 is 43.7 Å². The van der Waals surface area contributed by atoms with Crippen LogP contribution in [0.5, 0.6) is 0 Å². The lowest BCUT2D eigenvalue weighted by Gasteiger charge is -2.21. The summed E-state index contributed by atoms with van der Waals surface area (Å²) in [6, 6.07) is 46.4. The maximum Gasteiger partial charge on any atom is 0.238 e. The van der Waals surface area contributed by atoms with Crippen LogP contribution in [0.25, 0.3) is 83.6 Å². The minimum Gasteiger partial charge on any atom is -0.456 e. The van der Waals surface area contributed by atoms with Crippen molar-refractivity contribution in [1.29, 1.82) is 0 Å². The van der Waals surface area contributed by atoms with Crippen LogP contribution in [0.3, 0.4) is 0 Å². The van der Waals surface area contributed by atoms with E-state index >= 15 is 0 Å². The Balaban J connectivity index is 1.34. The zero-order chi connectivity index (χ0) is 31.3. The van der Waals surface area contributed by atoms with Gasteiger partial charge in [-0.3, -0.25) is 4.57 Å². The molecule has 0 amide bonds. The molecule has 0 atom stereocenters. The van der Waals surface area contributed by atoms with Crippen molar-refractivity contribution in [2.45, 2.75) is 19.3 Å². The minimum absolute atomic E-state index is 0.138. The molecule has 1 aliphatic rings. The van der Waals surface area contributed by atoms with Crippen LogP contribution in [0, 0.1) is 0 Å². The number of benzene rings is 6. The van der Waals surface area contributed by atoms with Gasteiger partial charge >= 0.3 is 0 Å². The van der Waals surface area contributed by atoms with E-state index in [0.717, 1.165) is 54.9 Å². The highest BCUT2D eigenvalue weighted by molar-refractivity contribution is 6.24. The van der Waals surface area contributed by atoms with Gasteiger partial charge in [0.1, 0.15) is 11.2 Å². The van der Waals surface area contributed by atoms with Crippen molar-refractivity contribution in [2.75, 3.05) is 0 Å². The SMILES string of the molecule is CC1(C)c2ccccc2-c2c(-c3nc(-c4ccccc4)nc(-n4c5ccccc5c5ccc6oc7ccccc7c6c54)n3)cccc21. The molecule has 0 unspecified atom stereocenters. The van der Waals surface area contributed by atoms with Crippen molar-refractivity contribution in [1.82, 2.24) is 19.5 Å². The number of rotatable bonds is 3. The molecule has 3 heterocycles. The topological polar surface area (TPSA) is 56.7 Å². The summed E-state index contributed by atoms with van der Waals surface area (Å²) in [5.41, 5.74) is 10.6. The molecular weight excluding hydrogens is 576 g/mol. The van der Waals surface area contributed by atoms with Gasteiger partial charge in [-0.05, 0) is 46.5 Å². The summed E-state index contributed by atoms with van der Waals surface area (Å²) in [6.45, 7) is 4.60. The maximum absolute atomic E-state index is 6.37. The molecular formula is C42H28N4O. The summed E-state index contributed by atoms with van der Waals surface area (Å²) >= 11 is 0. The fraction of sp³-hybridized carbons (Fsp3) is 0.0714. The highest BCUT2D eigenvalue weighted by Crippen LogP contribution is 2.51. The Hall–Kier alpha value is -6.07. The van der Waals surface area contributed by atoms with E-state index in [1.165, 1.54) is 22.3 Å². The number of aromatic nitrogens is 4. The first-order valence-corrected chi connectivity index (χ1v) is 16.0. The molecule has 0 bridgehead atoms. The van der Waals surface area contributed by atoms with Gasteiger partial charge in [0, 0.05) is 32.7 Å². The number of furan rings is 1. The second-order valence-electron chi connectivity index (χ2n) is 12.8.